The van der Waals surface area contributed by atoms with E-state index >= 15 is 0 Å². The molecule has 0 unspecified atom stereocenters. The highest BCUT2D eigenvalue weighted by Crippen LogP contribution is 2.15. The molecule has 6 heteroatoms. The van der Waals surface area contributed by atoms with Gasteiger partial charge in [-0.25, -0.2) is 0 Å². The van der Waals surface area contributed by atoms with Gasteiger partial charge in [0.2, 0.25) is 0 Å². The zero-order valence-electron chi connectivity index (χ0n) is 17.0. The number of hydrogen-bond acceptors (Lipinski definition) is 4. The van der Waals surface area contributed by atoms with Gasteiger partial charge in [-0.15, -0.1) is 0 Å². The van der Waals surface area contributed by atoms with Gasteiger partial charge < -0.3 is 9.80 Å². The lowest BCUT2D eigenvalue weighted by Gasteiger charge is -2.28. The van der Waals surface area contributed by atoms with Crippen molar-refractivity contribution in [2.24, 2.45) is 10.2 Å². The van der Waals surface area contributed by atoms with Gasteiger partial charge in [-0.05, 0) is 24.3 Å². The van der Waals surface area contributed by atoms with Gasteiger partial charge in [-0.1, -0.05) is 36.4 Å². The molecule has 30 heavy (non-hydrogen) atoms. The van der Waals surface area contributed by atoms with Crippen molar-refractivity contribution < 1.29 is 9.59 Å². The lowest BCUT2D eigenvalue weighted by atomic mass is 10.1. The van der Waals surface area contributed by atoms with Crippen LogP contribution in [0, 0.1) is 0 Å². The molecule has 2 fully saturated rings. The van der Waals surface area contributed by atoms with E-state index in [9.17, 15) is 9.59 Å². The molecule has 4 rings (SSSR count). The minimum absolute atomic E-state index is 0.0800. The lowest BCUT2D eigenvalue weighted by molar-refractivity contribution is 0.0747. The second kappa shape index (κ2) is 9.48. The summed E-state index contributed by atoms with van der Waals surface area (Å²) in [4.78, 5) is 28.8. The molecule has 0 aromatic heterocycles. The maximum absolute atomic E-state index is 12.5. The van der Waals surface area contributed by atoms with E-state index in [4.69, 9.17) is 0 Å². The summed E-state index contributed by atoms with van der Waals surface area (Å²) in [5.74, 6) is 0.160. The molecule has 2 aliphatic heterocycles. The molecule has 2 aromatic carbocycles. The highest BCUT2D eigenvalue weighted by molar-refractivity contribution is 5.97. The second-order valence-electron chi connectivity index (χ2n) is 7.65. The Balaban J connectivity index is 1.27. The highest BCUT2D eigenvalue weighted by Gasteiger charge is 2.22. The topological polar surface area (TPSA) is 65.3 Å². The summed E-state index contributed by atoms with van der Waals surface area (Å²) < 4.78 is 0. The minimum atomic E-state index is 0.0800. The van der Waals surface area contributed by atoms with E-state index < -0.39 is 0 Å². The summed E-state index contributed by atoms with van der Waals surface area (Å²) in [7, 11) is 0. The third kappa shape index (κ3) is 4.82. The number of carbonyl (C=O) groups is 2. The number of piperidine rings is 2. The SMILES string of the molecule is O=C(c1ccccc1)N1CCC(=NN=C2CCN(C(=O)c3ccccc3)CC2)CC1. The van der Waals surface area contributed by atoms with E-state index in [-0.39, 0.29) is 11.8 Å². The van der Waals surface area contributed by atoms with Crippen LogP contribution in [0.3, 0.4) is 0 Å². The van der Waals surface area contributed by atoms with Gasteiger partial charge in [-0.3, -0.25) is 9.59 Å². The second-order valence-corrected chi connectivity index (χ2v) is 7.65. The van der Waals surface area contributed by atoms with Crippen molar-refractivity contribution in [3.05, 3.63) is 71.8 Å². The first-order chi connectivity index (χ1) is 14.7. The fraction of sp³-hybridized carbons (Fsp3) is 0.333. The monoisotopic (exact) mass is 402 g/mol. The van der Waals surface area contributed by atoms with E-state index in [1.807, 2.05) is 70.5 Å². The molecule has 6 nitrogen and oxygen atoms in total. The van der Waals surface area contributed by atoms with Gasteiger partial charge in [-0.2, -0.15) is 10.2 Å². The van der Waals surface area contributed by atoms with Crippen LogP contribution >= 0.6 is 0 Å². The van der Waals surface area contributed by atoms with Crippen LogP contribution in [0.25, 0.3) is 0 Å². The zero-order valence-corrected chi connectivity index (χ0v) is 17.0. The van der Waals surface area contributed by atoms with Crippen molar-refractivity contribution in [3.8, 4) is 0 Å². The number of nitrogens with zero attached hydrogens (tertiary/aromatic N) is 4. The maximum Gasteiger partial charge on any atom is 0.253 e. The van der Waals surface area contributed by atoms with Crippen LogP contribution in [0.5, 0.6) is 0 Å². The Morgan fingerprint density at radius 2 is 0.900 bits per heavy atom. The smallest absolute Gasteiger partial charge is 0.253 e. The molecule has 0 aliphatic carbocycles. The summed E-state index contributed by atoms with van der Waals surface area (Å²) >= 11 is 0. The molecule has 154 valence electrons. The predicted molar refractivity (Wildman–Crippen MR) is 118 cm³/mol. The molecule has 0 radical (unpaired) electrons. The van der Waals surface area contributed by atoms with Crippen LogP contribution in [0.4, 0.5) is 0 Å². The maximum atomic E-state index is 12.5. The van der Waals surface area contributed by atoms with Crippen molar-refractivity contribution >= 4 is 23.2 Å². The van der Waals surface area contributed by atoms with Gasteiger partial charge in [0, 0.05) is 74.4 Å². The molecule has 2 heterocycles. The quantitative estimate of drug-likeness (QED) is 0.736. The third-order valence-corrected chi connectivity index (χ3v) is 5.63. The van der Waals surface area contributed by atoms with Gasteiger partial charge in [0.15, 0.2) is 0 Å². The van der Waals surface area contributed by atoms with Gasteiger partial charge >= 0.3 is 0 Å². The number of rotatable bonds is 3. The van der Waals surface area contributed by atoms with Crippen molar-refractivity contribution in [2.45, 2.75) is 25.7 Å². The molecule has 0 bridgehead atoms. The molecular weight excluding hydrogens is 376 g/mol. The molecule has 0 N–H and O–H groups in total. The zero-order chi connectivity index (χ0) is 20.8. The first-order valence-electron chi connectivity index (χ1n) is 10.5. The fourth-order valence-corrected chi connectivity index (χ4v) is 3.80. The Morgan fingerprint density at radius 3 is 1.23 bits per heavy atom. The first-order valence-corrected chi connectivity index (χ1v) is 10.5. The molecule has 2 aromatic rings. The van der Waals surface area contributed by atoms with Gasteiger partial charge in [0.25, 0.3) is 11.8 Å². The fourth-order valence-electron chi connectivity index (χ4n) is 3.80. The Kier molecular flexibility index (Phi) is 6.32. The molecule has 0 atom stereocenters. The van der Waals surface area contributed by atoms with Crippen molar-refractivity contribution in [1.82, 2.24) is 9.80 Å². The lowest BCUT2D eigenvalue weighted by Crippen LogP contribution is -2.39. The average molecular weight is 402 g/mol. The Hall–Kier alpha value is -3.28. The Bertz CT molecular complexity index is 854. The molecular formula is C24H26N4O2. The predicted octanol–water partition coefficient (Wildman–Crippen LogP) is 3.66. The molecule has 0 spiro atoms. The summed E-state index contributed by atoms with van der Waals surface area (Å²) in [6, 6.07) is 18.8. The highest BCUT2D eigenvalue weighted by atomic mass is 16.2. The number of hydrogen-bond donors (Lipinski definition) is 0. The van der Waals surface area contributed by atoms with Gasteiger partial charge in [0.05, 0.1) is 0 Å². The first kappa shape index (κ1) is 20.0. The van der Waals surface area contributed by atoms with E-state index in [0.717, 1.165) is 48.2 Å². The third-order valence-electron chi connectivity index (χ3n) is 5.63. The Labute approximate surface area is 176 Å². The van der Waals surface area contributed by atoms with Crippen molar-refractivity contribution in [3.63, 3.8) is 0 Å². The van der Waals surface area contributed by atoms with Crippen molar-refractivity contribution in [2.75, 3.05) is 26.2 Å². The number of benzene rings is 2. The molecule has 2 saturated heterocycles. The minimum Gasteiger partial charge on any atom is -0.338 e. The molecule has 2 amide bonds. The van der Waals surface area contributed by atoms with Crippen LogP contribution in [-0.2, 0) is 0 Å². The standard InChI is InChI=1S/C24H26N4O2/c29-23(19-7-3-1-4-8-19)27-15-11-21(12-16-27)25-26-22-13-17-28(18-14-22)24(30)20-9-5-2-6-10-20/h1-10H,11-18H2. The summed E-state index contributed by atoms with van der Waals surface area (Å²) in [6.45, 7) is 2.71. The van der Waals surface area contributed by atoms with Crippen LogP contribution in [0.15, 0.2) is 70.9 Å². The largest absolute Gasteiger partial charge is 0.338 e. The van der Waals surface area contributed by atoms with E-state index in [1.54, 1.807) is 0 Å². The molecule has 2 aliphatic rings. The molecule has 0 saturated carbocycles. The van der Waals surface area contributed by atoms with Crippen LogP contribution in [0.2, 0.25) is 0 Å². The van der Waals surface area contributed by atoms with Gasteiger partial charge in [0.1, 0.15) is 0 Å². The number of amides is 2. The number of likely N-dealkylation sites (tertiary alicyclic amines) is 2. The van der Waals surface area contributed by atoms with Crippen LogP contribution in [0.1, 0.15) is 46.4 Å². The van der Waals surface area contributed by atoms with E-state index in [0.29, 0.717) is 26.2 Å². The number of carbonyl (C=O) groups excluding carboxylic acids is 2. The summed E-state index contributed by atoms with van der Waals surface area (Å²) in [5.41, 5.74) is 3.55. The van der Waals surface area contributed by atoms with Crippen LogP contribution < -0.4 is 0 Å². The van der Waals surface area contributed by atoms with E-state index in [2.05, 4.69) is 10.2 Å². The average Bonchev–Trinajstić information content (AvgIpc) is 2.83. The Morgan fingerprint density at radius 1 is 0.567 bits per heavy atom. The summed E-state index contributed by atoms with van der Waals surface area (Å²) in [5, 5.41) is 8.93. The van der Waals surface area contributed by atoms with E-state index in [1.165, 1.54) is 0 Å². The van der Waals surface area contributed by atoms with Crippen molar-refractivity contribution in [1.29, 1.82) is 0 Å². The normalized spacial score (nSPS) is 16.9. The van der Waals surface area contributed by atoms with Crippen LogP contribution in [-0.4, -0.2) is 59.2 Å². The summed E-state index contributed by atoms with van der Waals surface area (Å²) in [6.07, 6.45) is 3.03.